The van der Waals surface area contributed by atoms with Crippen LogP contribution in [0.5, 0.6) is 0 Å². The summed E-state index contributed by atoms with van der Waals surface area (Å²) in [4.78, 5) is 0. The first-order valence-corrected chi connectivity index (χ1v) is 10.0. The number of benzene rings is 2. The molecule has 2 aromatic carbocycles. The minimum atomic E-state index is -0.239. The molecule has 0 heterocycles. The van der Waals surface area contributed by atoms with Crippen molar-refractivity contribution in [3.05, 3.63) is 76.9 Å². The Hall–Kier alpha value is -1.61. The van der Waals surface area contributed by atoms with E-state index in [4.69, 9.17) is 0 Å². The van der Waals surface area contributed by atoms with Crippen LogP contribution in [0.15, 0.2) is 54.1 Å². The van der Waals surface area contributed by atoms with E-state index < -0.39 is 0 Å². The first-order chi connectivity index (χ1) is 12.1. The van der Waals surface area contributed by atoms with E-state index in [2.05, 4.69) is 6.92 Å². The lowest BCUT2D eigenvalue weighted by Gasteiger charge is -2.22. The summed E-state index contributed by atoms with van der Waals surface area (Å²) >= 11 is 2.02. The normalized spacial score (nSPS) is 15.2. The van der Waals surface area contributed by atoms with E-state index in [9.17, 15) is 8.78 Å². The number of rotatable bonds is 5. The van der Waals surface area contributed by atoms with E-state index in [1.165, 1.54) is 61.9 Å². The van der Waals surface area contributed by atoms with Crippen molar-refractivity contribution in [1.82, 2.24) is 0 Å². The van der Waals surface area contributed by atoms with Crippen molar-refractivity contribution in [2.75, 3.05) is 5.75 Å². The zero-order chi connectivity index (χ0) is 17.6. The fourth-order valence-electron chi connectivity index (χ4n) is 3.44. The van der Waals surface area contributed by atoms with Crippen molar-refractivity contribution in [3.63, 3.8) is 0 Å². The molecule has 1 fully saturated rings. The summed E-state index contributed by atoms with van der Waals surface area (Å²) < 4.78 is 26.7. The van der Waals surface area contributed by atoms with E-state index in [0.717, 1.165) is 27.7 Å². The fraction of sp³-hybridized carbons (Fsp3) is 0.364. The maximum Gasteiger partial charge on any atom is 0.123 e. The van der Waals surface area contributed by atoms with E-state index in [0.29, 0.717) is 0 Å². The summed E-state index contributed by atoms with van der Waals surface area (Å²) in [6.45, 7) is 2.14. The summed E-state index contributed by atoms with van der Waals surface area (Å²) in [5.41, 5.74) is 4.31. The number of hydrogen-bond acceptors (Lipinski definition) is 1. The van der Waals surface area contributed by atoms with Gasteiger partial charge in [-0.3, -0.25) is 0 Å². The van der Waals surface area contributed by atoms with Crippen LogP contribution < -0.4 is 0 Å². The molecule has 25 heavy (non-hydrogen) atoms. The molecule has 1 saturated carbocycles. The third kappa shape index (κ3) is 4.94. The molecule has 0 bridgehead atoms. The van der Waals surface area contributed by atoms with Gasteiger partial charge in [0, 0.05) is 11.0 Å². The highest BCUT2D eigenvalue weighted by molar-refractivity contribution is 8.00. The van der Waals surface area contributed by atoms with Crippen molar-refractivity contribution >= 4 is 17.3 Å². The van der Waals surface area contributed by atoms with Crippen LogP contribution in [-0.4, -0.2) is 11.0 Å². The average molecular weight is 358 g/mol. The first kappa shape index (κ1) is 18.2. The smallest absolute Gasteiger partial charge is 0.123 e. The average Bonchev–Trinajstić information content (AvgIpc) is 2.64. The predicted molar refractivity (Wildman–Crippen MR) is 104 cm³/mol. The van der Waals surface area contributed by atoms with Crippen LogP contribution in [0.3, 0.4) is 0 Å². The molecule has 0 aliphatic heterocycles. The molecule has 1 aliphatic rings. The second kappa shape index (κ2) is 8.66. The van der Waals surface area contributed by atoms with Gasteiger partial charge in [0.2, 0.25) is 0 Å². The van der Waals surface area contributed by atoms with Gasteiger partial charge in [-0.05, 0) is 60.7 Å². The molecular formula is C22H24F2S. The van der Waals surface area contributed by atoms with E-state index >= 15 is 0 Å². The Balaban J connectivity index is 1.88. The molecule has 0 N–H and O–H groups in total. The van der Waals surface area contributed by atoms with Gasteiger partial charge in [-0.2, -0.15) is 11.8 Å². The topological polar surface area (TPSA) is 0 Å². The number of thioether (sulfide) groups is 1. The van der Waals surface area contributed by atoms with Crippen molar-refractivity contribution in [2.24, 2.45) is 0 Å². The molecule has 1 aliphatic carbocycles. The second-order valence-electron chi connectivity index (χ2n) is 6.74. The molecule has 0 amide bonds. The van der Waals surface area contributed by atoms with Crippen molar-refractivity contribution in [2.45, 2.75) is 44.3 Å². The molecule has 132 valence electrons. The van der Waals surface area contributed by atoms with Gasteiger partial charge in [-0.15, -0.1) is 0 Å². The second-order valence-corrected chi connectivity index (χ2v) is 8.03. The Morgan fingerprint density at radius 1 is 0.840 bits per heavy atom. The van der Waals surface area contributed by atoms with Gasteiger partial charge in [0.05, 0.1) is 0 Å². The van der Waals surface area contributed by atoms with Crippen molar-refractivity contribution < 1.29 is 8.78 Å². The highest BCUT2D eigenvalue weighted by atomic mass is 32.2. The zero-order valence-corrected chi connectivity index (χ0v) is 15.4. The molecule has 3 heteroatoms. The maximum atomic E-state index is 13.3. The van der Waals surface area contributed by atoms with Crippen LogP contribution >= 0.6 is 11.8 Å². The third-order valence-corrected chi connectivity index (χ3v) is 6.32. The molecule has 0 radical (unpaired) electrons. The van der Waals surface area contributed by atoms with Crippen LogP contribution in [-0.2, 0) is 0 Å². The summed E-state index contributed by atoms with van der Waals surface area (Å²) in [7, 11) is 0. The summed E-state index contributed by atoms with van der Waals surface area (Å²) in [5.74, 6) is 0.474. The van der Waals surface area contributed by atoms with Gasteiger partial charge in [0.1, 0.15) is 11.6 Å². The molecular weight excluding hydrogens is 334 g/mol. The SMILES string of the molecule is CC(CSC1CCCCC1)=C(c1ccc(F)cc1)c1ccc(F)cc1. The Labute approximate surface area is 153 Å². The van der Waals surface area contributed by atoms with E-state index in [1.807, 2.05) is 36.0 Å². The third-order valence-electron chi connectivity index (χ3n) is 4.78. The lowest BCUT2D eigenvalue weighted by atomic mass is 9.94. The van der Waals surface area contributed by atoms with Gasteiger partial charge in [0.15, 0.2) is 0 Å². The molecule has 3 rings (SSSR count). The van der Waals surface area contributed by atoms with Crippen LogP contribution in [0, 0.1) is 11.6 Å². The zero-order valence-electron chi connectivity index (χ0n) is 14.6. The highest BCUT2D eigenvalue weighted by Gasteiger charge is 2.15. The summed E-state index contributed by atoms with van der Waals surface area (Å²) in [5, 5.41) is 0.742. The lowest BCUT2D eigenvalue weighted by molar-refractivity contribution is 0.516. The minimum absolute atomic E-state index is 0.239. The molecule has 0 atom stereocenters. The fourth-order valence-corrected chi connectivity index (χ4v) is 4.74. The molecule has 2 aromatic rings. The monoisotopic (exact) mass is 358 g/mol. The number of halogens is 2. The Kier molecular flexibility index (Phi) is 6.30. The first-order valence-electron chi connectivity index (χ1n) is 8.97. The van der Waals surface area contributed by atoms with Gasteiger partial charge < -0.3 is 0 Å². The Morgan fingerprint density at radius 3 is 1.80 bits per heavy atom. The molecule has 0 unspecified atom stereocenters. The van der Waals surface area contributed by atoms with Gasteiger partial charge in [-0.25, -0.2) is 8.78 Å². The van der Waals surface area contributed by atoms with Gasteiger partial charge >= 0.3 is 0 Å². The van der Waals surface area contributed by atoms with Crippen molar-refractivity contribution in [3.8, 4) is 0 Å². The van der Waals surface area contributed by atoms with Crippen molar-refractivity contribution in [1.29, 1.82) is 0 Å². The Bertz CT molecular complexity index is 663. The Morgan fingerprint density at radius 2 is 1.32 bits per heavy atom. The molecule has 0 saturated heterocycles. The lowest BCUT2D eigenvalue weighted by Crippen LogP contribution is -2.09. The van der Waals surface area contributed by atoms with Crippen LogP contribution in [0.1, 0.15) is 50.2 Å². The molecule has 0 spiro atoms. The quantitative estimate of drug-likeness (QED) is 0.563. The van der Waals surface area contributed by atoms with Crippen LogP contribution in [0.2, 0.25) is 0 Å². The molecule has 0 nitrogen and oxygen atoms in total. The number of hydrogen-bond donors (Lipinski definition) is 0. The summed E-state index contributed by atoms with van der Waals surface area (Å²) in [6, 6.07) is 13.2. The highest BCUT2D eigenvalue weighted by Crippen LogP contribution is 2.33. The van der Waals surface area contributed by atoms with E-state index in [-0.39, 0.29) is 11.6 Å². The largest absolute Gasteiger partial charge is 0.207 e. The minimum Gasteiger partial charge on any atom is -0.207 e. The summed E-state index contributed by atoms with van der Waals surface area (Å²) in [6.07, 6.45) is 6.65. The van der Waals surface area contributed by atoms with Crippen LogP contribution in [0.4, 0.5) is 8.78 Å². The molecule has 0 aromatic heterocycles. The standard InChI is InChI=1S/C22H24F2S/c1-16(15-25-21-5-3-2-4-6-21)22(17-7-11-19(23)12-8-17)18-9-13-20(24)14-10-18/h7-14,21H,2-6,15H2,1H3. The predicted octanol–water partition coefficient (Wildman–Crippen LogP) is 6.85. The maximum absolute atomic E-state index is 13.3. The van der Waals surface area contributed by atoms with Crippen LogP contribution in [0.25, 0.3) is 5.57 Å². The van der Waals surface area contributed by atoms with Gasteiger partial charge in [0.25, 0.3) is 0 Å². The van der Waals surface area contributed by atoms with Gasteiger partial charge in [-0.1, -0.05) is 49.1 Å². The van der Waals surface area contributed by atoms with E-state index in [1.54, 1.807) is 0 Å².